The number of nitrogens with two attached hydrogens (primary N) is 1. The fraction of sp³-hybridized carbons (Fsp3) is 0.385. The Morgan fingerprint density at radius 3 is 2.84 bits per heavy atom. The Bertz CT molecular complexity index is 536. The van der Waals surface area contributed by atoms with Crippen molar-refractivity contribution in [3.05, 3.63) is 29.0 Å². The van der Waals surface area contributed by atoms with E-state index in [1.54, 1.807) is 25.3 Å². The van der Waals surface area contributed by atoms with Gasteiger partial charge in [0.2, 0.25) is 5.82 Å². The summed E-state index contributed by atoms with van der Waals surface area (Å²) in [6.07, 6.45) is 1.67. The summed E-state index contributed by atoms with van der Waals surface area (Å²) in [6, 6.07) is 5.14. The number of ether oxygens (including phenoxy) is 1. The van der Waals surface area contributed by atoms with Gasteiger partial charge in [-0.2, -0.15) is 4.98 Å². The highest BCUT2D eigenvalue weighted by atomic mass is 35.5. The van der Waals surface area contributed by atoms with Crippen LogP contribution in [0.2, 0.25) is 5.02 Å². The lowest BCUT2D eigenvalue weighted by Crippen LogP contribution is -2.03. The number of nitrogen functional groups attached to an aromatic ring is 1. The third-order valence-corrected chi connectivity index (χ3v) is 2.95. The van der Waals surface area contributed by atoms with Gasteiger partial charge in [-0.3, -0.25) is 0 Å². The van der Waals surface area contributed by atoms with E-state index >= 15 is 0 Å². The number of methoxy groups -OCH3 is 1. The molecule has 2 rings (SSSR count). The highest BCUT2D eigenvalue weighted by molar-refractivity contribution is 6.31. The molecule has 0 radical (unpaired) electrons. The SMILES string of the molecule is CCCC(OC)c1noc(-c2cc(N)cc(Cl)c2)n1. The molecule has 1 heterocycles. The normalized spacial score (nSPS) is 12.6. The van der Waals surface area contributed by atoms with Crippen LogP contribution in [-0.4, -0.2) is 17.3 Å². The highest BCUT2D eigenvalue weighted by Crippen LogP contribution is 2.27. The summed E-state index contributed by atoms with van der Waals surface area (Å²) in [7, 11) is 1.63. The zero-order valence-corrected chi connectivity index (χ0v) is 11.6. The van der Waals surface area contributed by atoms with E-state index in [9.17, 15) is 0 Å². The molecule has 0 aliphatic heterocycles. The molecule has 1 atom stereocenters. The van der Waals surface area contributed by atoms with Gasteiger partial charge in [-0.25, -0.2) is 0 Å². The van der Waals surface area contributed by atoms with E-state index < -0.39 is 0 Å². The molecule has 19 heavy (non-hydrogen) atoms. The van der Waals surface area contributed by atoms with Gasteiger partial charge in [-0.1, -0.05) is 30.1 Å². The molecule has 0 saturated carbocycles. The second-order valence-corrected chi connectivity index (χ2v) is 4.68. The van der Waals surface area contributed by atoms with Gasteiger partial charge < -0.3 is 15.0 Å². The van der Waals surface area contributed by atoms with Gasteiger partial charge in [0, 0.05) is 23.4 Å². The summed E-state index contributed by atoms with van der Waals surface area (Å²) < 4.78 is 10.6. The molecule has 2 N–H and O–H groups in total. The lowest BCUT2D eigenvalue weighted by Gasteiger charge is -2.08. The molecule has 102 valence electrons. The predicted molar refractivity (Wildman–Crippen MR) is 73.8 cm³/mol. The smallest absolute Gasteiger partial charge is 0.258 e. The first-order valence-electron chi connectivity index (χ1n) is 6.07. The van der Waals surface area contributed by atoms with Crippen molar-refractivity contribution < 1.29 is 9.26 Å². The summed E-state index contributed by atoms with van der Waals surface area (Å²) in [5, 5.41) is 4.48. The number of aromatic nitrogens is 2. The van der Waals surface area contributed by atoms with Crippen LogP contribution in [0, 0.1) is 0 Å². The number of hydrogen-bond acceptors (Lipinski definition) is 5. The predicted octanol–water partition coefficient (Wildman–Crippen LogP) is 3.46. The van der Waals surface area contributed by atoms with Gasteiger partial charge in [0.1, 0.15) is 6.10 Å². The molecule has 0 spiro atoms. The van der Waals surface area contributed by atoms with Crippen LogP contribution in [0.4, 0.5) is 5.69 Å². The quantitative estimate of drug-likeness (QED) is 0.850. The summed E-state index contributed by atoms with van der Waals surface area (Å²) >= 11 is 5.95. The molecule has 0 bridgehead atoms. The van der Waals surface area contributed by atoms with Crippen molar-refractivity contribution in [2.24, 2.45) is 0 Å². The van der Waals surface area contributed by atoms with Gasteiger partial charge in [0.15, 0.2) is 0 Å². The summed E-state index contributed by atoms with van der Waals surface area (Å²) in [5.41, 5.74) is 7.00. The first-order chi connectivity index (χ1) is 9.13. The number of anilines is 1. The standard InChI is InChI=1S/C13H16ClN3O2/c1-3-4-11(18-2)12-16-13(19-17-12)8-5-9(14)7-10(15)6-8/h5-7,11H,3-4,15H2,1-2H3. The molecule has 0 aliphatic rings. The maximum Gasteiger partial charge on any atom is 0.258 e. The first kappa shape index (κ1) is 13.8. The van der Waals surface area contributed by atoms with Crippen molar-refractivity contribution in [2.45, 2.75) is 25.9 Å². The van der Waals surface area contributed by atoms with Crippen LogP contribution in [0.3, 0.4) is 0 Å². The lowest BCUT2D eigenvalue weighted by atomic mass is 10.2. The number of hydrogen-bond donors (Lipinski definition) is 1. The van der Waals surface area contributed by atoms with E-state index in [1.165, 1.54) is 0 Å². The van der Waals surface area contributed by atoms with Crippen LogP contribution in [0.1, 0.15) is 31.7 Å². The van der Waals surface area contributed by atoms with E-state index in [1.807, 2.05) is 0 Å². The van der Waals surface area contributed by atoms with Crippen LogP contribution in [0.5, 0.6) is 0 Å². The minimum atomic E-state index is -0.154. The molecule has 5 nitrogen and oxygen atoms in total. The van der Waals surface area contributed by atoms with Crippen LogP contribution >= 0.6 is 11.6 Å². The molecular weight excluding hydrogens is 266 g/mol. The fourth-order valence-corrected chi connectivity index (χ4v) is 2.08. The third-order valence-electron chi connectivity index (χ3n) is 2.73. The van der Waals surface area contributed by atoms with E-state index in [0.29, 0.717) is 28.0 Å². The zero-order valence-electron chi connectivity index (χ0n) is 10.9. The van der Waals surface area contributed by atoms with Gasteiger partial charge in [-0.05, 0) is 24.6 Å². The lowest BCUT2D eigenvalue weighted by molar-refractivity contribution is 0.0854. The monoisotopic (exact) mass is 281 g/mol. The minimum Gasteiger partial charge on any atom is -0.399 e. The number of benzene rings is 1. The zero-order chi connectivity index (χ0) is 13.8. The Balaban J connectivity index is 2.29. The van der Waals surface area contributed by atoms with Crippen molar-refractivity contribution in [3.63, 3.8) is 0 Å². The van der Waals surface area contributed by atoms with Gasteiger partial charge in [-0.15, -0.1) is 0 Å². The molecule has 0 aliphatic carbocycles. The molecule has 1 unspecified atom stereocenters. The number of rotatable bonds is 5. The van der Waals surface area contributed by atoms with Crippen molar-refractivity contribution in [2.75, 3.05) is 12.8 Å². The fourth-order valence-electron chi connectivity index (χ4n) is 1.83. The molecule has 1 aromatic carbocycles. The van der Waals surface area contributed by atoms with Gasteiger partial charge in [0.25, 0.3) is 5.89 Å². The second kappa shape index (κ2) is 6.04. The van der Waals surface area contributed by atoms with E-state index in [0.717, 1.165) is 12.8 Å². The second-order valence-electron chi connectivity index (χ2n) is 4.24. The summed E-state index contributed by atoms with van der Waals surface area (Å²) in [6.45, 7) is 2.07. The van der Waals surface area contributed by atoms with Crippen molar-refractivity contribution >= 4 is 17.3 Å². The molecule has 6 heteroatoms. The van der Waals surface area contributed by atoms with Crippen molar-refractivity contribution in [3.8, 4) is 11.5 Å². The Labute approximate surface area is 116 Å². The van der Waals surface area contributed by atoms with Crippen LogP contribution in [0.15, 0.2) is 22.7 Å². The molecule has 2 aromatic rings. The van der Waals surface area contributed by atoms with Gasteiger partial charge >= 0.3 is 0 Å². The molecule has 0 saturated heterocycles. The topological polar surface area (TPSA) is 74.2 Å². The third kappa shape index (κ3) is 3.24. The van der Waals surface area contributed by atoms with Crippen molar-refractivity contribution in [1.82, 2.24) is 10.1 Å². The summed E-state index contributed by atoms with van der Waals surface area (Å²) in [4.78, 5) is 4.34. The average molecular weight is 282 g/mol. The molecular formula is C13H16ClN3O2. The Morgan fingerprint density at radius 1 is 1.42 bits per heavy atom. The van der Waals surface area contributed by atoms with Gasteiger partial charge in [0.05, 0.1) is 0 Å². The van der Waals surface area contributed by atoms with Crippen LogP contribution in [0.25, 0.3) is 11.5 Å². The van der Waals surface area contributed by atoms with Crippen LogP contribution in [-0.2, 0) is 4.74 Å². The largest absolute Gasteiger partial charge is 0.399 e. The maximum atomic E-state index is 5.95. The number of halogens is 1. The Morgan fingerprint density at radius 2 is 2.21 bits per heavy atom. The minimum absolute atomic E-state index is 0.154. The van der Waals surface area contributed by atoms with E-state index in [-0.39, 0.29) is 6.10 Å². The first-order valence-corrected chi connectivity index (χ1v) is 6.44. The van der Waals surface area contributed by atoms with E-state index in [4.69, 9.17) is 26.6 Å². The highest BCUT2D eigenvalue weighted by Gasteiger charge is 2.18. The molecule has 0 fully saturated rings. The maximum absolute atomic E-state index is 5.95. The number of nitrogens with zero attached hydrogens (tertiary/aromatic N) is 2. The summed E-state index contributed by atoms with van der Waals surface area (Å²) in [5.74, 6) is 0.931. The van der Waals surface area contributed by atoms with Crippen molar-refractivity contribution in [1.29, 1.82) is 0 Å². The Kier molecular flexibility index (Phi) is 4.39. The average Bonchev–Trinajstić information content (AvgIpc) is 2.84. The Hall–Kier alpha value is -1.59. The van der Waals surface area contributed by atoms with Crippen LogP contribution < -0.4 is 5.73 Å². The van der Waals surface area contributed by atoms with E-state index in [2.05, 4.69) is 17.1 Å². The molecule has 0 amide bonds. The molecule has 1 aromatic heterocycles.